The summed E-state index contributed by atoms with van der Waals surface area (Å²) in [6, 6.07) is 16.5. The molecule has 2 aromatic carbocycles. The molecular weight excluding hydrogens is 400 g/mol. The number of carbonyl (C=O) groups excluding carboxylic acids is 1. The molecule has 0 bridgehead atoms. The van der Waals surface area contributed by atoms with Gasteiger partial charge < -0.3 is 9.84 Å². The standard InChI is InChI=1S/C23H23ClN4O2/c1-14(2)13-28-15(3)19(20(25-23(28)29)16-9-11-18(24)12-10-16)22-26-21(27-30-22)17-7-5-4-6-8-17/h4-12,14,20H,13H2,1-3H3,(H,25,29). The van der Waals surface area contributed by atoms with Crippen molar-refractivity contribution in [3.05, 3.63) is 76.8 Å². The van der Waals surface area contributed by atoms with Crippen LogP contribution in [-0.4, -0.2) is 27.6 Å². The summed E-state index contributed by atoms with van der Waals surface area (Å²) in [5, 5.41) is 7.90. The minimum atomic E-state index is -0.415. The zero-order chi connectivity index (χ0) is 21.3. The lowest BCUT2D eigenvalue weighted by atomic mass is 9.94. The average Bonchev–Trinajstić information content (AvgIpc) is 3.21. The van der Waals surface area contributed by atoms with E-state index in [2.05, 4.69) is 29.3 Å². The lowest BCUT2D eigenvalue weighted by molar-refractivity contribution is 0.199. The Hall–Kier alpha value is -3.12. The molecule has 30 heavy (non-hydrogen) atoms. The zero-order valence-corrected chi connectivity index (χ0v) is 17.8. The van der Waals surface area contributed by atoms with Crippen molar-refractivity contribution in [2.24, 2.45) is 5.92 Å². The maximum absolute atomic E-state index is 12.9. The zero-order valence-electron chi connectivity index (χ0n) is 17.1. The highest BCUT2D eigenvalue weighted by Gasteiger charge is 2.35. The van der Waals surface area contributed by atoms with E-state index in [1.54, 1.807) is 17.0 Å². The molecule has 7 heteroatoms. The summed E-state index contributed by atoms with van der Waals surface area (Å²) in [5.41, 5.74) is 3.35. The summed E-state index contributed by atoms with van der Waals surface area (Å²) in [5.74, 6) is 1.20. The summed E-state index contributed by atoms with van der Waals surface area (Å²) in [6.45, 7) is 6.66. The van der Waals surface area contributed by atoms with Gasteiger partial charge in [0.05, 0.1) is 11.6 Å². The lowest BCUT2D eigenvalue weighted by Crippen LogP contribution is -2.47. The Morgan fingerprint density at radius 3 is 2.50 bits per heavy atom. The Morgan fingerprint density at radius 2 is 1.83 bits per heavy atom. The van der Waals surface area contributed by atoms with Crippen LogP contribution in [0, 0.1) is 5.92 Å². The Labute approximate surface area is 180 Å². The average molecular weight is 423 g/mol. The second kappa shape index (κ2) is 8.32. The molecule has 0 fully saturated rings. The number of hydrogen-bond donors (Lipinski definition) is 1. The van der Waals surface area contributed by atoms with Gasteiger partial charge >= 0.3 is 6.03 Å². The second-order valence-corrected chi connectivity index (χ2v) is 8.16. The first kappa shape index (κ1) is 20.2. The highest BCUT2D eigenvalue weighted by molar-refractivity contribution is 6.30. The Bertz CT molecular complexity index is 1070. The molecule has 1 unspecified atom stereocenters. The van der Waals surface area contributed by atoms with Gasteiger partial charge in [0.15, 0.2) is 0 Å². The predicted octanol–water partition coefficient (Wildman–Crippen LogP) is 5.54. The maximum atomic E-state index is 12.9. The van der Waals surface area contributed by atoms with E-state index in [4.69, 9.17) is 16.1 Å². The van der Waals surface area contributed by atoms with Crippen molar-refractivity contribution in [1.29, 1.82) is 0 Å². The van der Waals surface area contributed by atoms with Gasteiger partial charge in [-0.2, -0.15) is 4.98 Å². The van der Waals surface area contributed by atoms with Crippen molar-refractivity contribution in [2.45, 2.75) is 26.8 Å². The fourth-order valence-electron chi connectivity index (χ4n) is 3.59. The van der Waals surface area contributed by atoms with Crippen molar-refractivity contribution in [3.8, 4) is 11.4 Å². The fraction of sp³-hybridized carbons (Fsp3) is 0.261. The quantitative estimate of drug-likeness (QED) is 0.585. The molecule has 1 aromatic heterocycles. The number of amides is 2. The molecule has 3 aromatic rings. The van der Waals surface area contributed by atoms with Gasteiger partial charge in [-0.3, -0.25) is 4.90 Å². The first-order chi connectivity index (χ1) is 14.4. The number of hydrogen-bond acceptors (Lipinski definition) is 4. The van der Waals surface area contributed by atoms with Gasteiger partial charge in [-0.15, -0.1) is 0 Å². The molecule has 1 N–H and O–H groups in total. The third kappa shape index (κ3) is 3.96. The normalized spacial score (nSPS) is 16.9. The first-order valence-electron chi connectivity index (χ1n) is 9.88. The molecule has 1 atom stereocenters. The number of nitrogens with zero attached hydrogens (tertiary/aromatic N) is 3. The van der Waals surface area contributed by atoms with Gasteiger partial charge in [0, 0.05) is 22.8 Å². The summed E-state index contributed by atoms with van der Waals surface area (Å²) < 4.78 is 5.67. The molecule has 1 aliphatic heterocycles. The number of allylic oxidation sites excluding steroid dienone is 1. The van der Waals surface area contributed by atoms with Crippen molar-refractivity contribution < 1.29 is 9.32 Å². The molecule has 0 radical (unpaired) electrons. The Morgan fingerprint density at radius 1 is 1.13 bits per heavy atom. The van der Waals surface area contributed by atoms with Crippen molar-refractivity contribution in [1.82, 2.24) is 20.4 Å². The van der Waals surface area contributed by atoms with Gasteiger partial charge in [-0.25, -0.2) is 4.79 Å². The molecule has 0 aliphatic carbocycles. The van der Waals surface area contributed by atoms with E-state index in [0.29, 0.717) is 29.2 Å². The van der Waals surface area contributed by atoms with Crippen LogP contribution in [0.4, 0.5) is 4.79 Å². The number of aromatic nitrogens is 2. The summed E-state index contributed by atoms with van der Waals surface area (Å²) >= 11 is 6.06. The number of halogens is 1. The molecule has 0 saturated carbocycles. The van der Waals surface area contributed by atoms with E-state index in [0.717, 1.165) is 22.4 Å². The number of urea groups is 1. The Balaban J connectivity index is 1.81. The molecule has 0 spiro atoms. The van der Waals surface area contributed by atoms with E-state index in [1.165, 1.54) is 0 Å². The third-order valence-corrected chi connectivity index (χ3v) is 5.29. The van der Waals surface area contributed by atoms with Crippen LogP contribution < -0.4 is 5.32 Å². The Kier molecular flexibility index (Phi) is 5.59. The minimum Gasteiger partial charge on any atom is -0.334 e. The fourth-order valence-corrected chi connectivity index (χ4v) is 3.71. The molecule has 4 rings (SSSR count). The molecule has 2 heterocycles. The maximum Gasteiger partial charge on any atom is 0.322 e. The van der Waals surface area contributed by atoms with Crippen LogP contribution in [-0.2, 0) is 0 Å². The van der Waals surface area contributed by atoms with Crippen LogP contribution in [0.15, 0.2) is 64.8 Å². The van der Waals surface area contributed by atoms with Crippen LogP contribution in [0.5, 0.6) is 0 Å². The van der Waals surface area contributed by atoms with Gasteiger partial charge in [0.25, 0.3) is 5.89 Å². The van der Waals surface area contributed by atoms with Gasteiger partial charge in [-0.05, 0) is 30.5 Å². The van der Waals surface area contributed by atoms with Crippen LogP contribution in [0.3, 0.4) is 0 Å². The number of carbonyl (C=O) groups is 1. The summed E-state index contributed by atoms with van der Waals surface area (Å²) in [6.07, 6.45) is 0. The van der Waals surface area contributed by atoms with E-state index in [1.807, 2.05) is 49.4 Å². The smallest absolute Gasteiger partial charge is 0.322 e. The highest BCUT2D eigenvalue weighted by atomic mass is 35.5. The van der Waals surface area contributed by atoms with E-state index in [9.17, 15) is 4.79 Å². The molecule has 6 nitrogen and oxygen atoms in total. The van der Waals surface area contributed by atoms with Crippen molar-refractivity contribution in [2.75, 3.05) is 6.54 Å². The summed E-state index contributed by atoms with van der Waals surface area (Å²) in [4.78, 5) is 19.3. The molecule has 0 saturated heterocycles. The molecule has 2 amide bonds. The SMILES string of the molecule is CC1=C(c2nc(-c3ccccc3)no2)C(c2ccc(Cl)cc2)NC(=O)N1CC(C)C. The first-order valence-corrected chi connectivity index (χ1v) is 10.3. The van der Waals surface area contributed by atoms with Crippen LogP contribution >= 0.6 is 11.6 Å². The topological polar surface area (TPSA) is 71.3 Å². The number of benzene rings is 2. The van der Waals surface area contributed by atoms with Gasteiger partial charge in [0.2, 0.25) is 5.82 Å². The minimum absolute atomic E-state index is 0.146. The van der Waals surface area contributed by atoms with Crippen molar-refractivity contribution in [3.63, 3.8) is 0 Å². The van der Waals surface area contributed by atoms with Crippen LogP contribution in [0.25, 0.3) is 17.0 Å². The van der Waals surface area contributed by atoms with E-state index < -0.39 is 6.04 Å². The van der Waals surface area contributed by atoms with Crippen molar-refractivity contribution >= 4 is 23.2 Å². The second-order valence-electron chi connectivity index (χ2n) is 7.73. The third-order valence-electron chi connectivity index (χ3n) is 5.04. The number of rotatable bonds is 5. The molecular formula is C23H23ClN4O2. The molecule has 1 aliphatic rings. The monoisotopic (exact) mass is 422 g/mol. The largest absolute Gasteiger partial charge is 0.334 e. The van der Waals surface area contributed by atoms with E-state index >= 15 is 0 Å². The highest BCUT2D eigenvalue weighted by Crippen LogP contribution is 2.37. The lowest BCUT2D eigenvalue weighted by Gasteiger charge is -2.36. The van der Waals surface area contributed by atoms with Gasteiger partial charge in [0.1, 0.15) is 0 Å². The summed E-state index contributed by atoms with van der Waals surface area (Å²) in [7, 11) is 0. The van der Waals surface area contributed by atoms with E-state index in [-0.39, 0.29) is 6.03 Å². The predicted molar refractivity (Wildman–Crippen MR) is 117 cm³/mol. The van der Waals surface area contributed by atoms with Gasteiger partial charge in [-0.1, -0.05) is 73.1 Å². The van der Waals surface area contributed by atoms with Crippen LogP contribution in [0.1, 0.15) is 38.3 Å². The van der Waals surface area contributed by atoms with Crippen LogP contribution in [0.2, 0.25) is 5.02 Å². The number of nitrogens with one attached hydrogen (secondary N) is 1. The molecule has 154 valence electrons.